The van der Waals surface area contributed by atoms with E-state index in [0.29, 0.717) is 0 Å². The molecule has 8 nitrogen and oxygen atoms in total. The predicted octanol–water partition coefficient (Wildman–Crippen LogP) is 7.62. The number of carbonyl (C=O) groups is 2. The van der Waals surface area contributed by atoms with Crippen molar-refractivity contribution in [3.05, 3.63) is 83.2 Å². The van der Waals surface area contributed by atoms with Gasteiger partial charge < -0.3 is 24.7 Å². The number of ether oxygens (including phenoxy) is 2. The fraction of sp³-hybridized carbons (Fsp3) is 0.0833. The quantitative estimate of drug-likeness (QED) is 0.180. The minimum atomic E-state index is -0.800. The molecule has 0 fully saturated rings. The van der Waals surface area contributed by atoms with Crippen LogP contribution in [0, 0.1) is 0 Å². The standard InChI is InChI=1S/C24H14Cl6N2O6/c1-37-16-6-14(33)8(3-10(16)25)21(35)13-5-12(27)24(30)32(13)20-18(28)23(29)31-19(20)22(36)9-4-11(26)17(38-2)7-15(9)34/h3-7,31,33-34H,1-2H3. The molecule has 0 amide bonds. The van der Waals surface area contributed by atoms with Crippen molar-refractivity contribution in [2.24, 2.45) is 0 Å². The molecule has 0 spiro atoms. The SMILES string of the molecule is COc1cc(O)c(C(=O)c2[nH]c(Cl)c(Cl)c2-n2c(C(=O)c3cc(Cl)c(OC)cc3O)cc(Cl)c2Cl)cc1Cl. The van der Waals surface area contributed by atoms with Gasteiger partial charge in [-0.25, -0.2) is 0 Å². The molecule has 3 N–H and O–H groups in total. The van der Waals surface area contributed by atoms with E-state index in [1.807, 2.05) is 0 Å². The Balaban J connectivity index is 1.94. The molecule has 0 saturated carbocycles. The molecule has 0 aliphatic carbocycles. The molecular weight excluding hydrogens is 625 g/mol. The molecule has 4 aromatic rings. The zero-order chi connectivity index (χ0) is 28.0. The van der Waals surface area contributed by atoms with Gasteiger partial charge in [-0.05, 0) is 18.2 Å². The Hall–Kier alpha value is -2.72. The maximum atomic E-state index is 13.6. The van der Waals surface area contributed by atoms with Crippen molar-refractivity contribution in [3.63, 3.8) is 0 Å². The van der Waals surface area contributed by atoms with Crippen LogP contribution in [0.25, 0.3) is 5.69 Å². The van der Waals surface area contributed by atoms with Gasteiger partial charge in [0.05, 0.1) is 51.8 Å². The smallest absolute Gasteiger partial charge is 0.215 e. The molecule has 2 aromatic carbocycles. The van der Waals surface area contributed by atoms with Gasteiger partial charge in [0.25, 0.3) is 0 Å². The van der Waals surface area contributed by atoms with Crippen molar-refractivity contribution >= 4 is 81.2 Å². The normalized spacial score (nSPS) is 11.1. The third kappa shape index (κ3) is 4.77. The lowest BCUT2D eigenvalue weighted by molar-refractivity contribution is 0.101. The highest BCUT2D eigenvalue weighted by Gasteiger charge is 2.31. The zero-order valence-electron chi connectivity index (χ0n) is 19.1. The number of nitrogens with zero attached hydrogens (tertiary/aromatic N) is 1. The number of aromatic nitrogens is 2. The highest BCUT2D eigenvalue weighted by atomic mass is 35.5. The fourth-order valence-electron chi connectivity index (χ4n) is 3.69. The Kier molecular flexibility index (Phi) is 8.04. The van der Waals surface area contributed by atoms with Gasteiger partial charge >= 0.3 is 0 Å². The van der Waals surface area contributed by atoms with E-state index >= 15 is 0 Å². The molecule has 0 aliphatic heterocycles. The molecule has 0 radical (unpaired) electrons. The van der Waals surface area contributed by atoms with Crippen LogP contribution < -0.4 is 9.47 Å². The van der Waals surface area contributed by atoms with E-state index in [4.69, 9.17) is 79.1 Å². The van der Waals surface area contributed by atoms with Gasteiger partial charge in [-0.15, -0.1) is 0 Å². The van der Waals surface area contributed by atoms with Gasteiger partial charge in [0.2, 0.25) is 11.6 Å². The summed E-state index contributed by atoms with van der Waals surface area (Å²) in [4.78, 5) is 29.8. The summed E-state index contributed by atoms with van der Waals surface area (Å²) >= 11 is 37.7. The Labute approximate surface area is 245 Å². The first-order chi connectivity index (χ1) is 17.9. The van der Waals surface area contributed by atoms with Crippen LogP contribution in [0.1, 0.15) is 32.1 Å². The average Bonchev–Trinajstić information content (AvgIpc) is 3.34. The molecular formula is C24H14Cl6N2O6. The summed E-state index contributed by atoms with van der Waals surface area (Å²) in [6.45, 7) is 0. The largest absolute Gasteiger partial charge is 0.507 e. The number of hydrogen-bond acceptors (Lipinski definition) is 6. The zero-order valence-corrected chi connectivity index (χ0v) is 23.7. The second kappa shape index (κ2) is 10.8. The van der Waals surface area contributed by atoms with E-state index in [9.17, 15) is 19.8 Å². The van der Waals surface area contributed by atoms with Crippen molar-refractivity contribution in [2.75, 3.05) is 14.2 Å². The van der Waals surface area contributed by atoms with Crippen molar-refractivity contribution < 1.29 is 29.3 Å². The summed E-state index contributed by atoms with van der Waals surface area (Å²) in [6, 6.07) is 5.94. The summed E-state index contributed by atoms with van der Waals surface area (Å²) in [7, 11) is 2.69. The Morgan fingerprint density at radius 2 is 1.26 bits per heavy atom. The van der Waals surface area contributed by atoms with E-state index < -0.39 is 23.1 Å². The maximum Gasteiger partial charge on any atom is 0.215 e. The summed E-state index contributed by atoms with van der Waals surface area (Å²) in [5, 5.41) is 20.4. The van der Waals surface area contributed by atoms with Gasteiger partial charge in [0.15, 0.2) is 0 Å². The van der Waals surface area contributed by atoms with Gasteiger partial charge in [-0.1, -0.05) is 69.6 Å². The van der Waals surface area contributed by atoms with Crippen LogP contribution >= 0.6 is 69.6 Å². The molecule has 198 valence electrons. The number of aromatic amines is 1. The number of hydrogen-bond donors (Lipinski definition) is 3. The molecule has 38 heavy (non-hydrogen) atoms. The molecule has 0 bridgehead atoms. The molecule has 2 heterocycles. The van der Waals surface area contributed by atoms with Gasteiger partial charge in [0.1, 0.15) is 44.0 Å². The first kappa shape index (κ1) is 28.3. The molecule has 14 heteroatoms. The van der Waals surface area contributed by atoms with E-state index in [-0.39, 0.29) is 70.1 Å². The van der Waals surface area contributed by atoms with Crippen molar-refractivity contribution in [1.82, 2.24) is 9.55 Å². The average molecular weight is 639 g/mol. The first-order valence-electron chi connectivity index (χ1n) is 10.3. The lowest BCUT2D eigenvalue weighted by Crippen LogP contribution is -2.13. The monoisotopic (exact) mass is 636 g/mol. The number of halogens is 6. The number of rotatable bonds is 7. The van der Waals surface area contributed by atoms with Crippen LogP contribution in [-0.2, 0) is 0 Å². The number of carbonyl (C=O) groups excluding carboxylic acids is 2. The van der Waals surface area contributed by atoms with E-state index in [0.717, 1.165) is 16.7 Å². The lowest BCUT2D eigenvalue weighted by atomic mass is 10.0. The number of benzene rings is 2. The number of phenols is 2. The third-order valence-corrected chi connectivity index (χ3v) is 7.58. The third-order valence-electron chi connectivity index (χ3n) is 5.48. The summed E-state index contributed by atoms with van der Waals surface area (Å²) in [5.74, 6) is -2.19. The number of nitrogens with one attached hydrogen (secondary N) is 1. The van der Waals surface area contributed by atoms with Crippen molar-refractivity contribution in [3.8, 4) is 28.7 Å². The van der Waals surface area contributed by atoms with Crippen LogP contribution in [-0.4, -0.2) is 45.6 Å². The van der Waals surface area contributed by atoms with Gasteiger partial charge in [0, 0.05) is 12.1 Å². The fourth-order valence-corrected chi connectivity index (χ4v) is 5.00. The van der Waals surface area contributed by atoms with Crippen molar-refractivity contribution in [2.45, 2.75) is 0 Å². The number of phenolic OH excluding ortho intramolecular Hbond substituents is 2. The minimum absolute atomic E-state index is 0.0451. The number of methoxy groups -OCH3 is 2. The summed E-state index contributed by atoms with van der Waals surface area (Å²) < 4.78 is 11.2. The van der Waals surface area contributed by atoms with Gasteiger partial charge in [-0.2, -0.15) is 0 Å². The molecule has 2 aromatic heterocycles. The molecule has 0 unspecified atom stereocenters. The van der Waals surface area contributed by atoms with E-state index in [1.54, 1.807) is 0 Å². The maximum absolute atomic E-state index is 13.6. The van der Waals surface area contributed by atoms with E-state index in [2.05, 4.69) is 4.98 Å². The van der Waals surface area contributed by atoms with Gasteiger partial charge in [-0.3, -0.25) is 14.2 Å². The molecule has 0 atom stereocenters. The summed E-state index contributed by atoms with van der Waals surface area (Å²) in [5.41, 5.74) is -1.04. The highest BCUT2D eigenvalue weighted by Crippen LogP contribution is 2.42. The highest BCUT2D eigenvalue weighted by molar-refractivity contribution is 6.45. The Morgan fingerprint density at radius 3 is 1.76 bits per heavy atom. The lowest BCUT2D eigenvalue weighted by Gasteiger charge is -2.14. The Morgan fingerprint density at radius 1 is 0.763 bits per heavy atom. The topological polar surface area (TPSA) is 114 Å². The number of H-pyrrole nitrogens is 1. The van der Waals surface area contributed by atoms with E-state index in [1.165, 1.54) is 32.4 Å². The first-order valence-corrected chi connectivity index (χ1v) is 12.5. The predicted molar refractivity (Wildman–Crippen MR) is 146 cm³/mol. The van der Waals surface area contributed by atoms with Crippen LogP contribution in [0.5, 0.6) is 23.0 Å². The molecule has 0 aliphatic rings. The Bertz CT molecular complexity index is 1510. The summed E-state index contributed by atoms with van der Waals surface area (Å²) in [6.07, 6.45) is 0. The van der Waals surface area contributed by atoms with Crippen LogP contribution in [0.15, 0.2) is 30.3 Å². The minimum Gasteiger partial charge on any atom is -0.507 e. The molecule has 0 saturated heterocycles. The molecule has 4 rings (SSSR count). The second-order valence-corrected chi connectivity index (χ2v) is 9.98. The van der Waals surface area contributed by atoms with Crippen LogP contribution in [0.4, 0.5) is 0 Å². The number of aromatic hydroxyl groups is 2. The number of ketones is 2. The second-order valence-electron chi connectivity index (χ2n) is 7.65. The van der Waals surface area contributed by atoms with Crippen LogP contribution in [0.3, 0.4) is 0 Å². The van der Waals surface area contributed by atoms with Crippen molar-refractivity contribution in [1.29, 1.82) is 0 Å². The van der Waals surface area contributed by atoms with Crippen LogP contribution in [0.2, 0.25) is 30.4 Å².